The largest absolute Gasteiger partial charge is 0.266 e. The van der Waals surface area contributed by atoms with Crippen molar-refractivity contribution in [3.8, 4) is 0 Å². The van der Waals surface area contributed by atoms with Gasteiger partial charge in [0, 0.05) is 11.9 Å². The fraction of sp³-hybridized carbons (Fsp3) is 0.727. The van der Waals surface area contributed by atoms with Crippen LogP contribution in [0.3, 0.4) is 0 Å². The summed E-state index contributed by atoms with van der Waals surface area (Å²) in [6.07, 6.45) is 4.80. The van der Waals surface area contributed by atoms with E-state index in [1.54, 1.807) is 0 Å². The SMILES string of the molecule is C/C(=C\N=C(/C)C(C)C)C1CC1. The molecule has 0 unspecified atom stereocenters. The molecule has 1 fully saturated rings. The number of allylic oxidation sites excluding steroid dienone is 1. The summed E-state index contributed by atoms with van der Waals surface area (Å²) in [5.41, 5.74) is 2.69. The standard InChI is InChI=1S/C11H19N/c1-8(2)10(4)12-7-9(3)11-5-6-11/h7-8,11H,5-6H2,1-4H3/b9-7+,12-10+. The second-order valence-corrected chi connectivity index (χ2v) is 4.07. The Morgan fingerprint density at radius 2 is 1.92 bits per heavy atom. The molecular weight excluding hydrogens is 146 g/mol. The van der Waals surface area contributed by atoms with E-state index in [0.29, 0.717) is 5.92 Å². The van der Waals surface area contributed by atoms with Crippen LogP contribution in [0.1, 0.15) is 40.5 Å². The van der Waals surface area contributed by atoms with Crippen molar-refractivity contribution in [2.24, 2.45) is 16.8 Å². The lowest BCUT2D eigenvalue weighted by atomic mass is 10.1. The first-order valence-electron chi connectivity index (χ1n) is 4.82. The van der Waals surface area contributed by atoms with Crippen LogP contribution in [-0.4, -0.2) is 5.71 Å². The van der Waals surface area contributed by atoms with Crippen LogP contribution in [-0.2, 0) is 0 Å². The van der Waals surface area contributed by atoms with Crippen LogP contribution in [0.4, 0.5) is 0 Å². The maximum Gasteiger partial charge on any atom is 0.0259 e. The van der Waals surface area contributed by atoms with Crippen molar-refractivity contribution in [3.05, 3.63) is 11.8 Å². The summed E-state index contributed by atoms with van der Waals surface area (Å²) in [5.74, 6) is 1.43. The highest BCUT2D eigenvalue weighted by Crippen LogP contribution is 2.35. The van der Waals surface area contributed by atoms with Gasteiger partial charge in [-0.15, -0.1) is 0 Å². The molecule has 0 aromatic rings. The third-order valence-electron chi connectivity index (χ3n) is 2.53. The Morgan fingerprint density at radius 3 is 2.33 bits per heavy atom. The molecule has 1 saturated carbocycles. The van der Waals surface area contributed by atoms with Gasteiger partial charge in [0.05, 0.1) is 0 Å². The lowest BCUT2D eigenvalue weighted by Crippen LogP contribution is -2.00. The summed E-state index contributed by atoms with van der Waals surface area (Å²) in [5, 5.41) is 0. The molecule has 1 heteroatoms. The molecule has 0 bridgehead atoms. The van der Waals surface area contributed by atoms with Crippen LogP contribution in [0.5, 0.6) is 0 Å². The lowest BCUT2D eigenvalue weighted by Gasteiger charge is -2.01. The molecule has 0 aromatic carbocycles. The summed E-state index contributed by atoms with van der Waals surface area (Å²) in [6, 6.07) is 0. The van der Waals surface area contributed by atoms with Crippen LogP contribution in [0.25, 0.3) is 0 Å². The fourth-order valence-electron chi connectivity index (χ4n) is 0.997. The molecule has 1 aliphatic carbocycles. The highest BCUT2D eigenvalue weighted by atomic mass is 14.7. The van der Waals surface area contributed by atoms with Gasteiger partial charge >= 0.3 is 0 Å². The Bertz CT molecular complexity index is 191. The Kier molecular flexibility index (Phi) is 3.07. The van der Waals surface area contributed by atoms with Crippen molar-refractivity contribution in [1.29, 1.82) is 0 Å². The van der Waals surface area contributed by atoms with Crippen LogP contribution < -0.4 is 0 Å². The molecule has 0 radical (unpaired) electrons. The fourth-order valence-corrected chi connectivity index (χ4v) is 0.997. The van der Waals surface area contributed by atoms with Gasteiger partial charge in [-0.1, -0.05) is 19.4 Å². The van der Waals surface area contributed by atoms with E-state index in [4.69, 9.17) is 0 Å². The molecule has 0 saturated heterocycles. The van der Waals surface area contributed by atoms with E-state index in [-0.39, 0.29) is 0 Å². The first-order chi connectivity index (χ1) is 5.61. The minimum absolute atomic E-state index is 0.577. The van der Waals surface area contributed by atoms with Crippen molar-refractivity contribution in [2.75, 3.05) is 0 Å². The van der Waals surface area contributed by atoms with Crippen molar-refractivity contribution in [1.82, 2.24) is 0 Å². The molecule has 1 nitrogen and oxygen atoms in total. The Hall–Kier alpha value is -0.590. The zero-order valence-electron chi connectivity index (χ0n) is 8.59. The molecule has 12 heavy (non-hydrogen) atoms. The summed E-state index contributed by atoms with van der Waals surface area (Å²) in [4.78, 5) is 4.44. The van der Waals surface area contributed by atoms with Crippen LogP contribution >= 0.6 is 0 Å². The third-order valence-corrected chi connectivity index (χ3v) is 2.53. The minimum atomic E-state index is 0.577. The Balaban J connectivity index is 2.49. The van der Waals surface area contributed by atoms with E-state index in [9.17, 15) is 0 Å². The summed E-state index contributed by atoms with van der Waals surface area (Å²) >= 11 is 0. The number of aliphatic imine (C=N–C) groups is 1. The predicted molar refractivity (Wildman–Crippen MR) is 54.4 cm³/mol. The van der Waals surface area contributed by atoms with Gasteiger partial charge in [0.15, 0.2) is 0 Å². The smallest absolute Gasteiger partial charge is 0.0259 e. The molecule has 68 valence electrons. The molecule has 1 aliphatic rings. The van der Waals surface area contributed by atoms with Crippen LogP contribution in [0.2, 0.25) is 0 Å². The maximum atomic E-state index is 4.44. The van der Waals surface area contributed by atoms with E-state index < -0.39 is 0 Å². The number of hydrogen-bond donors (Lipinski definition) is 0. The van der Waals surface area contributed by atoms with E-state index in [1.165, 1.54) is 24.1 Å². The summed E-state index contributed by atoms with van der Waals surface area (Å²) < 4.78 is 0. The second kappa shape index (κ2) is 3.88. The van der Waals surface area contributed by atoms with Crippen molar-refractivity contribution in [2.45, 2.75) is 40.5 Å². The van der Waals surface area contributed by atoms with Crippen molar-refractivity contribution in [3.63, 3.8) is 0 Å². The van der Waals surface area contributed by atoms with Gasteiger partial charge in [0.25, 0.3) is 0 Å². The second-order valence-electron chi connectivity index (χ2n) is 4.07. The molecule has 0 heterocycles. The van der Waals surface area contributed by atoms with Gasteiger partial charge in [-0.25, -0.2) is 0 Å². The molecule has 0 atom stereocenters. The zero-order valence-corrected chi connectivity index (χ0v) is 8.59. The molecule has 0 aromatic heterocycles. The quantitative estimate of drug-likeness (QED) is 0.568. The minimum Gasteiger partial charge on any atom is -0.266 e. The lowest BCUT2D eigenvalue weighted by molar-refractivity contribution is 0.876. The highest BCUT2D eigenvalue weighted by Gasteiger charge is 2.22. The first kappa shape index (κ1) is 9.50. The molecule has 0 aliphatic heterocycles. The molecular formula is C11H19N. The molecule has 0 spiro atoms. The van der Waals surface area contributed by atoms with E-state index in [1.807, 2.05) is 6.20 Å². The summed E-state index contributed by atoms with van der Waals surface area (Å²) in [6.45, 7) is 8.65. The number of nitrogens with zero attached hydrogens (tertiary/aromatic N) is 1. The average molecular weight is 165 g/mol. The van der Waals surface area contributed by atoms with E-state index in [0.717, 1.165) is 5.92 Å². The molecule has 0 N–H and O–H groups in total. The van der Waals surface area contributed by atoms with Gasteiger partial charge in [-0.3, -0.25) is 4.99 Å². The Labute approximate surface area is 75.6 Å². The summed E-state index contributed by atoms with van der Waals surface area (Å²) in [7, 11) is 0. The van der Waals surface area contributed by atoms with Crippen molar-refractivity contribution >= 4 is 5.71 Å². The van der Waals surface area contributed by atoms with Crippen LogP contribution in [0.15, 0.2) is 16.8 Å². The average Bonchev–Trinajstić information content (AvgIpc) is 2.81. The number of rotatable bonds is 3. The topological polar surface area (TPSA) is 12.4 Å². The van der Waals surface area contributed by atoms with Gasteiger partial charge in [0.2, 0.25) is 0 Å². The molecule has 1 rings (SSSR count). The molecule has 0 amide bonds. The van der Waals surface area contributed by atoms with E-state index >= 15 is 0 Å². The Morgan fingerprint density at radius 1 is 1.33 bits per heavy atom. The van der Waals surface area contributed by atoms with Crippen LogP contribution in [0, 0.1) is 11.8 Å². The van der Waals surface area contributed by atoms with Gasteiger partial charge in [0.1, 0.15) is 0 Å². The normalized spacial score (nSPS) is 20.4. The third kappa shape index (κ3) is 2.80. The highest BCUT2D eigenvalue weighted by molar-refractivity contribution is 5.84. The predicted octanol–water partition coefficient (Wildman–Crippen LogP) is 3.42. The zero-order chi connectivity index (χ0) is 9.14. The number of hydrogen-bond acceptors (Lipinski definition) is 1. The first-order valence-corrected chi connectivity index (χ1v) is 4.82. The van der Waals surface area contributed by atoms with Crippen molar-refractivity contribution < 1.29 is 0 Å². The maximum absolute atomic E-state index is 4.44. The van der Waals surface area contributed by atoms with E-state index in [2.05, 4.69) is 32.7 Å². The van der Waals surface area contributed by atoms with Gasteiger partial charge in [-0.05, 0) is 38.5 Å². The monoisotopic (exact) mass is 165 g/mol. The van der Waals surface area contributed by atoms with Gasteiger partial charge < -0.3 is 0 Å². The van der Waals surface area contributed by atoms with Gasteiger partial charge in [-0.2, -0.15) is 0 Å².